The zero-order valence-corrected chi connectivity index (χ0v) is 15.4. The zero-order chi connectivity index (χ0) is 18.6. The Morgan fingerprint density at radius 1 is 1.41 bits per heavy atom. The molecule has 4 rings (SSSR count). The molecule has 9 heteroatoms. The van der Waals surface area contributed by atoms with E-state index < -0.39 is 0 Å². The van der Waals surface area contributed by atoms with E-state index in [0.717, 1.165) is 42.5 Å². The maximum Gasteiger partial charge on any atom is 0.223 e. The third-order valence-corrected chi connectivity index (χ3v) is 5.05. The molecule has 2 N–H and O–H groups in total. The third kappa shape index (κ3) is 3.83. The SMILES string of the molecule is [N-]=[N+]=NCCN1CCC(Nc2ncc(Cl)c(-c3c[nH]c4ccccc34)n2)C1. The third-order valence-electron chi connectivity index (χ3n) is 4.77. The van der Waals surface area contributed by atoms with Gasteiger partial charge in [0.05, 0.1) is 16.9 Å². The fraction of sp³-hybridized carbons (Fsp3) is 0.333. The van der Waals surface area contributed by atoms with Crippen LogP contribution in [0.25, 0.3) is 32.6 Å². The van der Waals surface area contributed by atoms with Crippen molar-refractivity contribution in [2.24, 2.45) is 5.11 Å². The average Bonchev–Trinajstić information content (AvgIpc) is 3.30. The van der Waals surface area contributed by atoms with Crippen molar-refractivity contribution in [1.29, 1.82) is 0 Å². The molecular formula is C18H19ClN8. The van der Waals surface area contributed by atoms with Gasteiger partial charge >= 0.3 is 0 Å². The molecule has 2 aromatic heterocycles. The highest BCUT2D eigenvalue weighted by Crippen LogP contribution is 2.32. The Balaban J connectivity index is 1.51. The first-order chi connectivity index (χ1) is 13.2. The van der Waals surface area contributed by atoms with E-state index in [1.807, 2.05) is 30.5 Å². The Morgan fingerprint density at radius 2 is 2.30 bits per heavy atom. The molecule has 1 aliphatic heterocycles. The zero-order valence-electron chi connectivity index (χ0n) is 14.6. The molecule has 8 nitrogen and oxygen atoms in total. The number of rotatable bonds is 6. The summed E-state index contributed by atoms with van der Waals surface area (Å²) in [7, 11) is 0. The number of nitrogens with zero attached hydrogens (tertiary/aromatic N) is 6. The van der Waals surface area contributed by atoms with Crippen molar-refractivity contribution in [3.8, 4) is 11.3 Å². The Labute approximate surface area is 161 Å². The number of fused-ring (bicyclic) bond motifs is 1. The Hall–Kier alpha value is -2.80. The Morgan fingerprint density at radius 3 is 3.19 bits per heavy atom. The Kier molecular flexibility index (Phi) is 5.11. The van der Waals surface area contributed by atoms with E-state index in [0.29, 0.717) is 23.2 Å². The lowest BCUT2D eigenvalue weighted by molar-refractivity contribution is 0.346. The first-order valence-electron chi connectivity index (χ1n) is 8.83. The van der Waals surface area contributed by atoms with E-state index in [-0.39, 0.29) is 6.04 Å². The van der Waals surface area contributed by atoms with Gasteiger partial charge < -0.3 is 15.2 Å². The lowest BCUT2D eigenvalue weighted by atomic mass is 10.1. The number of hydrogen-bond acceptors (Lipinski definition) is 5. The molecule has 1 aliphatic rings. The summed E-state index contributed by atoms with van der Waals surface area (Å²) in [6.45, 7) is 3.09. The molecule has 3 heterocycles. The molecular weight excluding hydrogens is 364 g/mol. The average molecular weight is 383 g/mol. The summed E-state index contributed by atoms with van der Waals surface area (Å²) < 4.78 is 0. The van der Waals surface area contributed by atoms with E-state index in [1.54, 1.807) is 6.20 Å². The number of likely N-dealkylation sites (tertiary alicyclic amines) is 1. The van der Waals surface area contributed by atoms with Crippen LogP contribution in [-0.4, -0.2) is 52.1 Å². The van der Waals surface area contributed by atoms with Crippen LogP contribution in [0.2, 0.25) is 5.02 Å². The van der Waals surface area contributed by atoms with Crippen LogP contribution in [-0.2, 0) is 0 Å². The van der Waals surface area contributed by atoms with Crippen LogP contribution in [0.15, 0.2) is 41.8 Å². The van der Waals surface area contributed by atoms with Crippen LogP contribution in [0.1, 0.15) is 6.42 Å². The largest absolute Gasteiger partial charge is 0.360 e. The summed E-state index contributed by atoms with van der Waals surface area (Å²) in [5.41, 5.74) is 11.1. The summed E-state index contributed by atoms with van der Waals surface area (Å²) >= 11 is 6.38. The summed E-state index contributed by atoms with van der Waals surface area (Å²) in [5, 5.41) is 8.60. The van der Waals surface area contributed by atoms with Crippen LogP contribution >= 0.6 is 11.6 Å². The quantitative estimate of drug-likeness (QED) is 0.380. The highest BCUT2D eigenvalue weighted by atomic mass is 35.5. The van der Waals surface area contributed by atoms with Crippen LogP contribution < -0.4 is 5.32 Å². The minimum atomic E-state index is 0.257. The van der Waals surface area contributed by atoms with Crippen LogP contribution in [0, 0.1) is 0 Å². The van der Waals surface area contributed by atoms with Crippen molar-refractivity contribution in [2.45, 2.75) is 12.5 Å². The second-order valence-corrected chi connectivity index (χ2v) is 6.93. The van der Waals surface area contributed by atoms with Gasteiger partial charge in [-0.3, -0.25) is 0 Å². The lowest BCUT2D eigenvalue weighted by Gasteiger charge is -2.16. The molecule has 0 bridgehead atoms. The summed E-state index contributed by atoms with van der Waals surface area (Å²) in [6.07, 6.45) is 4.56. The molecule has 0 aliphatic carbocycles. The van der Waals surface area contributed by atoms with E-state index in [1.165, 1.54) is 0 Å². The molecule has 0 saturated carbocycles. The molecule has 1 aromatic carbocycles. The fourth-order valence-corrected chi connectivity index (χ4v) is 3.65. The van der Waals surface area contributed by atoms with Crippen LogP contribution in [0.5, 0.6) is 0 Å². The second-order valence-electron chi connectivity index (χ2n) is 6.52. The highest BCUT2D eigenvalue weighted by molar-refractivity contribution is 6.33. The molecule has 0 spiro atoms. The number of anilines is 1. The molecule has 1 atom stereocenters. The van der Waals surface area contributed by atoms with Gasteiger partial charge in [-0.15, -0.1) is 0 Å². The number of para-hydroxylation sites is 1. The molecule has 0 radical (unpaired) electrons. The molecule has 1 unspecified atom stereocenters. The van der Waals surface area contributed by atoms with Gasteiger partial charge in [0.2, 0.25) is 5.95 Å². The number of aromatic amines is 1. The van der Waals surface area contributed by atoms with Crippen molar-refractivity contribution in [3.05, 3.63) is 52.1 Å². The lowest BCUT2D eigenvalue weighted by Crippen LogP contribution is -2.28. The number of benzene rings is 1. The fourth-order valence-electron chi connectivity index (χ4n) is 3.46. The van der Waals surface area contributed by atoms with E-state index in [9.17, 15) is 0 Å². The predicted molar refractivity (Wildman–Crippen MR) is 107 cm³/mol. The monoisotopic (exact) mass is 382 g/mol. The maximum absolute atomic E-state index is 8.38. The predicted octanol–water partition coefficient (Wildman–Crippen LogP) is 4.07. The van der Waals surface area contributed by atoms with Crippen molar-refractivity contribution >= 4 is 28.5 Å². The van der Waals surface area contributed by atoms with Gasteiger partial charge in [-0.1, -0.05) is 34.9 Å². The standard InChI is InChI=1S/C18H19ClN8/c19-15-10-22-18(24-12-5-7-27(11-12)8-6-23-26-20)25-17(15)14-9-21-16-4-2-1-3-13(14)16/h1-4,9-10,12,21H,5-8,11H2,(H,22,24,25). The maximum atomic E-state index is 8.38. The molecule has 27 heavy (non-hydrogen) atoms. The number of halogens is 1. The second kappa shape index (κ2) is 7.84. The van der Waals surface area contributed by atoms with Gasteiger partial charge in [0.25, 0.3) is 0 Å². The van der Waals surface area contributed by atoms with Gasteiger partial charge in [0, 0.05) is 59.8 Å². The van der Waals surface area contributed by atoms with Crippen molar-refractivity contribution in [2.75, 3.05) is 31.5 Å². The molecule has 1 saturated heterocycles. The summed E-state index contributed by atoms with van der Waals surface area (Å²) in [6, 6.07) is 8.32. The normalized spacial score (nSPS) is 17.1. The van der Waals surface area contributed by atoms with E-state index in [2.05, 4.69) is 35.2 Å². The topological polar surface area (TPSA) is 106 Å². The van der Waals surface area contributed by atoms with E-state index in [4.69, 9.17) is 17.1 Å². The molecule has 1 fully saturated rings. The Bertz CT molecular complexity index is 994. The van der Waals surface area contributed by atoms with Gasteiger partial charge in [-0.2, -0.15) is 0 Å². The number of aromatic nitrogens is 3. The minimum absolute atomic E-state index is 0.257. The van der Waals surface area contributed by atoms with Gasteiger partial charge in [-0.05, 0) is 18.0 Å². The van der Waals surface area contributed by atoms with Gasteiger partial charge in [-0.25, -0.2) is 9.97 Å². The van der Waals surface area contributed by atoms with Gasteiger partial charge in [0.1, 0.15) is 0 Å². The minimum Gasteiger partial charge on any atom is -0.360 e. The molecule has 0 amide bonds. The summed E-state index contributed by atoms with van der Waals surface area (Å²) in [4.78, 5) is 17.3. The van der Waals surface area contributed by atoms with Crippen LogP contribution in [0.4, 0.5) is 5.95 Å². The van der Waals surface area contributed by atoms with Crippen LogP contribution in [0.3, 0.4) is 0 Å². The smallest absolute Gasteiger partial charge is 0.223 e. The number of hydrogen-bond donors (Lipinski definition) is 2. The van der Waals surface area contributed by atoms with Crippen molar-refractivity contribution in [1.82, 2.24) is 19.9 Å². The van der Waals surface area contributed by atoms with Crippen molar-refractivity contribution in [3.63, 3.8) is 0 Å². The number of H-pyrrole nitrogens is 1. The van der Waals surface area contributed by atoms with Crippen molar-refractivity contribution < 1.29 is 0 Å². The first-order valence-corrected chi connectivity index (χ1v) is 9.21. The first kappa shape index (κ1) is 17.6. The number of azide groups is 1. The molecule has 3 aromatic rings. The van der Waals surface area contributed by atoms with Gasteiger partial charge in [0.15, 0.2) is 0 Å². The summed E-state index contributed by atoms with van der Waals surface area (Å²) in [5.74, 6) is 0.571. The van der Waals surface area contributed by atoms with E-state index >= 15 is 0 Å². The highest BCUT2D eigenvalue weighted by Gasteiger charge is 2.23. The molecule has 138 valence electrons. The number of nitrogens with one attached hydrogen (secondary N) is 2.